The summed E-state index contributed by atoms with van der Waals surface area (Å²) in [4.78, 5) is 24.4. The first kappa shape index (κ1) is 19.1. The second-order valence-electron chi connectivity index (χ2n) is 5.79. The lowest BCUT2D eigenvalue weighted by atomic mass is 10.2. The fraction of sp³-hybridized carbons (Fsp3) is 0.533. The molecule has 1 amide bonds. The van der Waals surface area contributed by atoms with Crippen LogP contribution in [0.5, 0.6) is 0 Å². The maximum atomic E-state index is 12.3. The van der Waals surface area contributed by atoms with Gasteiger partial charge in [0, 0.05) is 19.2 Å². The van der Waals surface area contributed by atoms with Crippen LogP contribution in [0, 0.1) is 10.1 Å². The first-order valence-electron chi connectivity index (χ1n) is 8.09. The van der Waals surface area contributed by atoms with Crippen LogP contribution in [-0.4, -0.2) is 50.8 Å². The molecule has 0 saturated carbocycles. The number of nitro benzene ring substituents is 1. The molecule has 1 saturated heterocycles. The highest BCUT2D eigenvalue weighted by Crippen LogP contribution is 2.27. The maximum Gasteiger partial charge on any atom is 0.293 e. The molecule has 1 aliphatic rings. The number of nitrogens with zero attached hydrogens (tertiary/aromatic N) is 2. The standard InChI is InChI=1S/C15H22N4O5S/c1-16-25(23,24)12-6-7-13(14(10-12)19(21)22)17-11-15(20)18-8-4-2-3-5-9-18/h6-7,10,16-17H,2-5,8-9,11H2,1H3. The van der Waals surface area contributed by atoms with Crippen molar-refractivity contribution in [1.82, 2.24) is 9.62 Å². The van der Waals surface area contributed by atoms with E-state index in [1.807, 2.05) is 0 Å². The number of sulfonamides is 1. The van der Waals surface area contributed by atoms with E-state index >= 15 is 0 Å². The van der Waals surface area contributed by atoms with Gasteiger partial charge in [0.1, 0.15) is 5.69 Å². The molecule has 0 aliphatic carbocycles. The highest BCUT2D eigenvalue weighted by molar-refractivity contribution is 7.89. The van der Waals surface area contributed by atoms with E-state index in [1.165, 1.54) is 19.2 Å². The summed E-state index contributed by atoms with van der Waals surface area (Å²) in [5, 5.41) is 14.0. The van der Waals surface area contributed by atoms with Crippen molar-refractivity contribution in [3.8, 4) is 0 Å². The van der Waals surface area contributed by atoms with E-state index in [1.54, 1.807) is 4.90 Å². The van der Waals surface area contributed by atoms with E-state index in [0.29, 0.717) is 13.1 Å². The molecule has 10 heteroatoms. The lowest BCUT2D eigenvalue weighted by Gasteiger charge is -2.20. The van der Waals surface area contributed by atoms with Crippen LogP contribution in [0.15, 0.2) is 23.1 Å². The van der Waals surface area contributed by atoms with Crippen molar-refractivity contribution in [2.24, 2.45) is 0 Å². The Balaban J connectivity index is 2.13. The molecule has 9 nitrogen and oxygen atoms in total. The lowest BCUT2D eigenvalue weighted by Crippen LogP contribution is -2.36. The van der Waals surface area contributed by atoms with E-state index < -0.39 is 14.9 Å². The maximum absolute atomic E-state index is 12.3. The number of carbonyl (C=O) groups excluding carboxylic acids is 1. The molecule has 0 unspecified atom stereocenters. The molecule has 1 fully saturated rings. The first-order valence-corrected chi connectivity index (χ1v) is 9.57. The third-order valence-corrected chi connectivity index (χ3v) is 5.55. The molecule has 1 heterocycles. The smallest absolute Gasteiger partial charge is 0.293 e. The normalized spacial score (nSPS) is 15.5. The lowest BCUT2D eigenvalue weighted by molar-refractivity contribution is -0.384. The van der Waals surface area contributed by atoms with E-state index in [2.05, 4.69) is 10.0 Å². The molecule has 2 rings (SSSR count). The number of benzene rings is 1. The van der Waals surface area contributed by atoms with Gasteiger partial charge in [-0.25, -0.2) is 13.1 Å². The second-order valence-corrected chi connectivity index (χ2v) is 7.68. The monoisotopic (exact) mass is 370 g/mol. The molecular formula is C15H22N4O5S. The zero-order valence-corrected chi connectivity index (χ0v) is 14.8. The minimum absolute atomic E-state index is 0.0705. The van der Waals surface area contributed by atoms with Gasteiger partial charge in [-0.2, -0.15) is 0 Å². The predicted molar refractivity (Wildman–Crippen MR) is 92.9 cm³/mol. The third-order valence-electron chi connectivity index (χ3n) is 4.13. The molecular weight excluding hydrogens is 348 g/mol. The van der Waals surface area contributed by atoms with Crippen LogP contribution in [-0.2, 0) is 14.8 Å². The SMILES string of the molecule is CNS(=O)(=O)c1ccc(NCC(=O)N2CCCCCC2)c([N+](=O)[O-])c1. The summed E-state index contributed by atoms with van der Waals surface area (Å²) in [5.74, 6) is -0.122. The minimum Gasteiger partial charge on any atom is -0.371 e. The zero-order chi connectivity index (χ0) is 18.4. The van der Waals surface area contributed by atoms with Crippen molar-refractivity contribution >= 4 is 27.3 Å². The largest absolute Gasteiger partial charge is 0.371 e. The Kier molecular flexibility index (Phi) is 6.32. The van der Waals surface area contributed by atoms with Crippen molar-refractivity contribution in [2.45, 2.75) is 30.6 Å². The Hall–Kier alpha value is -2.20. The number of nitro groups is 1. The molecule has 0 radical (unpaired) electrons. The Labute approximate surface area is 146 Å². The summed E-state index contributed by atoms with van der Waals surface area (Å²) in [6, 6.07) is 3.54. The van der Waals surface area contributed by atoms with Crippen LogP contribution in [0.1, 0.15) is 25.7 Å². The van der Waals surface area contributed by atoms with Gasteiger partial charge in [0.05, 0.1) is 16.4 Å². The van der Waals surface area contributed by atoms with Crippen LogP contribution in [0.3, 0.4) is 0 Å². The predicted octanol–water partition coefficient (Wildman–Crippen LogP) is 1.32. The van der Waals surface area contributed by atoms with Gasteiger partial charge < -0.3 is 10.2 Å². The highest BCUT2D eigenvalue weighted by atomic mass is 32.2. The fourth-order valence-corrected chi connectivity index (χ4v) is 3.45. The summed E-state index contributed by atoms with van der Waals surface area (Å²) in [6.45, 7) is 1.32. The molecule has 1 aromatic carbocycles. The van der Waals surface area contributed by atoms with E-state index in [9.17, 15) is 23.3 Å². The van der Waals surface area contributed by atoms with Gasteiger partial charge >= 0.3 is 0 Å². The second kappa shape index (κ2) is 8.26. The summed E-state index contributed by atoms with van der Waals surface area (Å²) >= 11 is 0. The molecule has 138 valence electrons. The van der Waals surface area contributed by atoms with Crippen LogP contribution < -0.4 is 10.0 Å². The van der Waals surface area contributed by atoms with Gasteiger partial charge in [-0.05, 0) is 32.0 Å². The molecule has 1 aromatic rings. The topological polar surface area (TPSA) is 122 Å². The molecule has 1 aliphatic heterocycles. The van der Waals surface area contributed by atoms with Crippen LogP contribution >= 0.6 is 0 Å². The number of rotatable bonds is 6. The molecule has 0 spiro atoms. The van der Waals surface area contributed by atoms with Crippen LogP contribution in [0.4, 0.5) is 11.4 Å². The summed E-state index contributed by atoms with van der Waals surface area (Å²) in [5.41, 5.74) is -0.275. The van der Waals surface area contributed by atoms with E-state index in [-0.39, 0.29) is 28.7 Å². The summed E-state index contributed by atoms with van der Waals surface area (Å²) in [7, 11) is -2.55. The van der Waals surface area contributed by atoms with Crippen LogP contribution in [0.2, 0.25) is 0 Å². The number of anilines is 1. The van der Waals surface area contributed by atoms with Gasteiger partial charge in [0.25, 0.3) is 5.69 Å². The van der Waals surface area contributed by atoms with Gasteiger partial charge in [-0.3, -0.25) is 14.9 Å². The van der Waals surface area contributed by atoms with Crippen molar-refractivity contribution in [1.29, 1.82) is 0 Å². The number of nitrogens with one attached hydrogen (secondary N) is 2. The molecule has 0 atom stereocenters. The van der Waals surface area contributed by atoms with Gasteiger partial charge in [-0.1, -0.05) is 12.8 Å². The van der Waals surface area contributed by atoms with Crippen molar-refractivity contribution < 1.29 is 18.1 Å². The number of amides is 1. The van der Waals surface area contributed by atoms with Crippen molar-refractivity contribution in [3.63, 3.8) is 0 Å². The van der Waals surface area contributed by atoms with Crippen molar-refractivity contribution in [2.75, 3.05) is 32.0 Å². The van der Waals surface area contributed by atoms with Gasteiger partial charge in [0.15, 0.2) is 0 Å². The number of likely N-dealkylation sites (tertiary alicyclic amines) is 1. The summed E-state index contributed by atoms with van der Waals surface area (Å²) < 4.78 is 25.7. The molecule has 0 aromatic heterocycles. The minimum atomic E-state index is -3.78. The quantitative estimate of drug-likeness (QED) is 0.575. The third kappa shape index (κ3) is 4.89. The van der Waals surface area contributed by atoms with E-state index in [0.717, 1.165) is 31.7 Å². The van der Waals surface area contributed by atoms with Crippen molar-refractivity contribution in [3.05, 3.63) is 28.3 Å². The number of hydrogen-bond donors (Lipinski definition) is 2. The highest BCUT2D eigenvalue weighted by Gasteiger charge is 2.22. The van der Waals surface area contributed by atoms with E-state index in [4.69, 9.17) is 0 Å². The number of carbonyl (C=O) groups is 1. The van der Waals surface area contributed by atoms with Gasteiger partial charge in [0.2, 0.25) is 15.9 Å². The first-order chi connectivity index (χ1) is 11.8. The molecule has 2 N–H and O–H groups in total. The Morgan fingerprint density at radius 1 is 1.24 bits per heavy atom. The Morgan fingerprint density at radius 3 is 2.44 bits per heavy atom. The molecule has 0 bridgehead atoms. The average molecular weight is 370 g/mol. The van der Waals surface area contributed by atoms with Gasteiger partial charge in [-0.15, -0.1) is 0 Å². The Bertz CT molecular complexity index is 742. The summed E-state index contributed by atoms with van der Waals surface area (Å²) in [6.07, 6.45) is 4.12. The average Bonchev–Trinajstić information content (AvgIpc) is 2.88. The zero-order valence-electron chi connectivity index (χ0n) is 14.0. The molecule has 25 heavy (non-hydrogen) atoms. The number of hydrogen-bond acceptors (Lipinski definition) is 6. The Morgan fingerprint density at radius 2 is 1.88 bits per heavy atom. The van der Waals surface area contributed by atoms with Crippen LogP contribution in [0.25, 0.3) is 0 Å². The fourth-order valence-electron chi connectivity index (χ4n) is 2.70.